The molecule has 0 spiro atoms. The Kier molecular flexibility index (Phi) is 6.22. The zero-order valence-corrected chi connectivity index (χ0v) is 19.1. The first kappa shape index (κ1) is 21.8. The van der Waals surface area contributed by atoms with Gasteiger partial charge in [-0.3, -0.25) is 14.4 Å². The SMILES string of the molecule is O=C(N[C@H](C(=O)N1CCCC1)C1CCN(C(=O)c2cccs2)CC1)c1ccc2c(c1)OCO2. The van der Waals surface area contributed by atoms with Gasteiger partial charge in [-0.1, -0.05) is 6.07 Å². The lowest BCUT2D eigenvalue weighted by molar-refractivity contribution is -0.134. The lowest BCUT2D eigenvalue weighted by Crippen LogP contribution is -2.54. The van der Waals surface area contributed by atoms with Crippen LogP contribution in [0.1, 0.15) is 45.7 Å². The van der Waals surface area contributed by atoms with Crippen LogP contribution in [-0.2, 0) is 4.79 Å². The molecular weight excluding hydrogens is 442 g/mol. The van der Waals surface area contributed by atoms with E-state index in [4.69, 9.17) is 9.47 Å². The molecule has 0 bridgehead atoms. The molecule has 2 aromatic rings. The van der Waals surface area contributed by atoms with E-state index in [-0.39, 0.29) is 30.4 Å². The van der Waals surface area contributed by atoms with Crippen LogP contribution in [0.4, 0.5) is 0 Å². The van der Waals surface area contributed by atoms with E-state index in [0.717, 1.165) is 30.8 Å². The molecule has 0 aliphatic carbocycles. The van der Waals surface area contributed by atoms with Crippen molar-refractivity contribution in [2.24, 2.45) is 5.92 Å². The molecule has 3 amide bonds. The fourth-order valence-electron chi connectivity index (χ4n) is 4.77. The van der Waals surface area contributed by atoms with E-state index in [1.54, 1.807) is 18.2 Å². The van der Waals surface area contributed by atoms with Crippen LogP contribution in [0.25, 0.3) is 0 Å². The van der Waals surface area contributed by atoms with Crippen molar-refractivity contribution in [1.82, 2.24) is 15.1 Å². The highest BCUT2D eigenvalue weighted by Gasteiger charge is 2.37. The van der Waals surface area contributed by atoms with Crippen molar-refractivity contribution in [3.8, 4) is 11.5 Å². The van der Waals surface area contributed by atoms with E-state index >= 15 is 0 Å². The van der Waals surface area contributed by atoms with Gasteiger partial charge in [-0.05, 0) is 61.2 Å². The monoisotopic (exact) mass is 469 g/mol. The highest BCUT2D eigenvalue weighted by molar-refractivity contribution is 7.12. The van der Waals surface area contributed by atoms with Crippen molar-refractivity contribution in [2.75, 3.05) is 33.0 Å². The molecule has 1 aromatic carbocycles. The lowest BCUT2D eigenvalue weighted by atomic mass is 9.88. The van der Waals surface area contributed by atoms with Gasteiger partial charge in [-0.2, -0.15) is 0 Å². The normalized spacial score (nSPS) is 18.9. The van der Waals surface area contributed by atoms with Crippen LogP contribution < -0.4 is 14.8 Å². The summed E-state index contributed by atoms with van der Waals surface area (Å²) in [4.78, 5) is 43.6. The molecule has 33 heavy (non-hydrogen) atoms. The Labute approximate surface area is 196 Å². The maximum absolute atomic E-state index is 13.4. The maximum Gasteiger partial charge on any atom is 0.263 e. The number of hydrogen-bond acceptors (Lipinski definition) is 6. The number of nitrogens with zero attached hydrogens (tertiary/aromatic N) is 2. The summed E-state index contributed by atoms with van der Waals surface area (Å²) in [5, 5.41) is 4.91. The molecule has 3 aliphatic rings. The smallest absolute Gasteiger partial charge is 0.263 e. The minimum Gasteiger partial charge on any atom is -0.454 e. The van der Waals surface area contributed by atoms with E-state index in [1.165, 1.54) is 11.3 Å². The Morgan fingerprint density at radius 2 is 1.73 bits per heavy atom. The van der Waals surface area contributed by atoms with Crippen molar-refractivity contribution in [1.29, 1.82) is 0 Å². The number of hydrogen-bond donors (Lipinski definition) is 1. The largest absolute Gasteiger partial charge is 0.454 e. The van der Waals surface area contributed by atoms with Crippen LogP contribution in [-0.4, -0.2) is 66.5 Å². The molecule has 0 saturated carbocycles. The number of rotatable bonds is 5. The molecule has 174 valence electrons. The van der Waals surface area contributed by atoms with E-state index < -0.39 is 6.04 Å². The molecule has 2 fully saturated rings. The third kappa shape index (κ3) is 4.55. The summed E-state index contributed by atoms with van der Waals surface area (Å²) in [6.45, 7) is 2.74. The number of thiophene rings is 1. The van der Waals surface area contributed by atoms with Crippen molar-refractivity contribution in [2.45, 2.75) is 31.7 Å². The summed E-state index contributed by atoms with van der Waals surface area (Å²) >= 11 is 1.44. The van der Waals surface area contributed by atoms with Crippen LogP contribution >= 0.6 is 11.3 Å². The van der Waals surface area contributed by atoms with Gasteiger partial charge in [0.2, 0.25) is 12.7 Å². The van der Waals surface area contributed by atoms with Gasteiger partial charge in [0.05, 0.1) is 4.88 Å². The fourth-order valence-corrected chi connectivity index (χ4v) is 5.46. The second kappa shape index (κ2) is 9.43. The third-order valence-electron chi connectivity index (χ3n) is 6.64. The van der Waals surface area contributed by atoms with Gasteiger partial charge >= 0.3 is 0 Å². The number of carbonyl (C=O) groups excluding carboxylic acids is 3. The van der Waals surface area contributed by atoms with Gasteiger partial charge in [0.25, 0.3) is 11.8 Å². The maximum atomic E-state index is 13.4. The van der Waals surface area contributed by atoms with Crippen LogP contribution in [0, 0.1) is 5.92 Å². The standard InChI is InChI=1S/C24H27N3O5S/c28-22(17-5-6-18-19(14-17)32-15-31-18)25-21(24(30)26-9-1-2-10-26)16-7-11-27(12-8-16)23(29)20-4-3-13-33-20/h3-6,13-14,16,21H,1-2,7-12,15H2,(H,25,28)/t21-/m0/s1. The molecule has 2 saturated heterocycles. The van der Waals surface area contributed by atoms with E-state index in [1.807, 2.05) is 27.3 Å². The van der Waals surface area contributed by atoms with E-state index in [2.05, 4.69) is 5.32 Å². The topological polar surface area (TPSA) is 88.2 Å². The van der Waals surface area contributed by atoms with E-state index in [9.17, 15) is 14.4 Å². The van der Waals surface area contributed by atoms with Gasteiger partial charge in [-0.15, -0.1) is 11.3 Å². The minimum absolute atomic E-state index is 0.0235. The summed E-state index contributed by atoms with van der Waals surface area (Å²) in [5.41, 5.74) is 0.434. The highest BCUT2D eigenvalue weighted by atomic mass is 32.1. The number of ether oxygens (including phenoxy) is 2. The first-order valence-corrected chi connectivity index (χ1v) is 12.3. The molecule has 4 heterocycles. The number of amides is 3. The zero-order chi connectivity index (χ0) is 22.8. The van der Waals surface area contributed by atoms with Crippen LogP contribution in [0.5, 0.6) is 11.5 Å². The van der Waals surface area contributed by atoms with Crippen LogP contribution in [0.2, 0.25) is 0 Å². The predicted octanol–water partition coefficient (Wildman–Crippen LogP) is 2.75. The summed E-state index contributed by atoms with van der Waals surface area (Å²) in [6, 6.07) is 8.15. The number of benzene rings is 1. The molecule has 0 radical (unpaired) electrons. The molecule has 1 N–H and O–H groups in total. The first-order chi connectivity index (χ1) is 16.1. The Bertz CT molecular complexity index is 1030. The molecule has 1 aromatic heterocycles. The molecule has 3 aliphatic heterocycles. The Morgan fingerprint density at radius 1 is 0.970 bits per heavy atom. The Balaban J connectivity index is 1.29. The number of likely N-dealkylation sites (tertiary alicyclic amines) is 2. The van der Waals surface area contributed by atoms with Gasteiger partial charge in [0, 0.05) is 31.7 Å². The summed E-state index contributed by atoms with van der Waals surface area (Å²) in [6.07, 6.45) is 3.32. The van der Waals surface area contributed by atoms with Crippen molar-refractivity contribution < 1.29 is 23.9 Å². The number of fused-ring (bicyclic) bond motifs is 1. The Morgan fingerprint density at radius 3 is 2.45 bits per heavy atom. The molecule has 9 heteroatoms. The van der Waals surface area contributed by atoms with Gasteiger partial charge in [0.1, 0.15) is 6.04 Å². The lowest BCUT2D eigenvalue weighted by Gasteiger charge is -2.37. The molecular formula is C24H27N3O5S. The average Bonchev–Trinajstić information content (AvgIpc) is 3.63. The first-order valence-electron chi connectivity index (χ1n) is 11.4. The number of piperidine rings is 1. The molecule has 5 rings (SSSR count). The van der Waals surface area contributed by atoms with Crippen molar-refractivity contribution in [3.63, 3.8) is 0 Å². The number of carbonyl (C=O) groups is 3. The van der Waals surface area contributed by atoms with Crippen molar-refractivity contribution in [3.05, 3.63) is 46.2 Å². The quantitative estimate of drug-likeness (QED) is 0.728. The summed E-state index contributed by atoms with van der Waals surface area (Å²) in [5.74, 6) is 0.829. The minimum atomic E-state index is -0.611. The Hall–Kier alpha value is -3.07. The second-order valence-electron chi connectivity index (χ2n) is 8.66. The van der Waals surface area contributed by atoms with E-state index in [0.29, 0.717) is 43.0 Å². The highest BCUT2D eigenvalue weighted by Crippen LogP contribution is 2.33. The molecule has 8 nitrogen and oxygen atoms in total. The van der Waals surface area contributed by atoms with Gasteiger partial charge < -0.3 is 24.6 Å². The fraction of sp³-hybridized carbons (Fsp3) is 0.458. The molecule has 1 atom stereocenters. The predicted molar refractivity (Wildman–Crippen MR) is 123 cm³/mol. The molecule has 0 unspecified atom stereocenters. The number of nitrogens with one attached hydrogen (secondary N) is 1. The van der Waals surface area contributed by atoms with Crippen LogP contribution in [0.15, 0.2) is 35.7 Å². The third-order valence-corrected chi connectivity index (χ3v) is 7.49. The zero-order valence-electron chi connectivity index (χ0n) is 18.3. The summed E-state index contributed by atoms with van der Waals surface area (Å²) in [7, 11) is 0. The van der Waals surface area contributed by atoms with Gasteiger partial charge in [0.15, 0.2) is 11.5 Å². The second-order valence-corrected chi connectivity index (χ2v) is 9.61. The van der Waals surface area contributed by atoms with Gasteiger partial charge in [-0.25, -0.2) is 0 Å². The average molecular weight is 470 g/mol. The summed E-state index contributed by atoms with van der Waals surface area (Å²) < 4.78 is 10.7. The van der Waals surface area contributed by atoms with Crippen LogP contribution in [0.3, 0.4) is 0 Å². The van der Waals surface area contributed by atoms with Crippen molar-refractivity contribution >= 4 is 29.1 Å².